The molecule has 0 bridgehead atoms. The number of carbonyl (C=O) groups excluding carboxylic acids is 2. The number of nitrogens with one attached hydrogen (secondary N) is 1. The second-order valence-electron chi connectivity index (χ2n) is 7.72. The number of anilines is 1. The molecule has 0 aliphatic carbocycles. The van der Waals surface area contributed by atoms with Crippen LogP contribution < -0.4 is 14.4 Å². The van der Waals surface area contributed by atoms with Gasteiger partial charge in [0.2, 0.25) is 21.8 Å². The number of hydrogen-bond acceptors (Lipinski definition) is 5. The molecule has 9 heteroatoms. The zero-order valence-corrected chi connectivity index (χ0v) is 20.7. The summed E-state index contributed by atoms with van der Waals surface area (Å²) in [5.74, 6) is -0.426. The van der Waals surface area contributed by atoms with E-state index in [-0.39, 0.29) is 18.1 Å². The molecule has 2 aromatic rings. The van der Waals surface area contributed by atoms with Crippen LogP contribution in [0.3, 0.4) is 0 Å². The number of amides is 2. The number of aryl methyl sites for hydroxylation is 1. The van der Waals surface area contributed by atoms with Crippen LogP contribution in [-0.2, 0) is 26.2 Å². The number of nitrogens with zero attached hydrogens (tertiary/aromatic N) is 2. The number of carbonyl (C=O) groups is 2. The van der Waals surface area contributed by atoms with Gasteiger partial charge in [0.15, 0.2) is 0 Å². The summed E-state index contributed by atoms with van der Waals surface area (Å²) in [6, 6.07) is 13.6. The maximum atomic E-state index is 13.6. The van der Waals surface area contributed by atoms with Gasteiger partial charge in [-0.05, 0) is 38.0 Å². The fourth-order valence-electron chi connectivity index (χ4n) is 3.63. The molecule has 0 saturated carbocycles. The molecule has 180 valence electrons. The minimum absolute atomic E-state index is 0.178. The molecule has 1 N–H and O–H groups in total. The third-order valence-corrected chi connectivity index (χ3v) is 6.31. The molecule has 2 rings (SSSR count). The topological polar surface area (TPSA) is 96.0 Å². The van der Waals surface area contributed by atoms with Gasteiger partial charge in [0, 0.05) is 13.6 Å². The van der Waals surface area contributed by atoms with E-state index in [0.29, 0.717) is 18.8 Å². The molecule has 0 radical (unpaired) electrons. The molecular formula is C24H33N3O5S. The molecule has 0 heterocycles. The van der Waals surface area contributed by atoms with Crippen molar-refractivity contribution in [3.8, 4) is 5.75 Å². The van der Waals surface area contributed by atoms with Crippen molar-refractivity contribution in [2.75, 3.05) is 30.8 Å². The van der Waals surface area contributed by atoms with Crippen molar-refractivity contribution < 1.29 is 22.7 Å². The Morgan fingerprint density at radius 1 is 1.09 bits per heavy atom. The molecule has 33 heavy (non-hydrogen) atoms. The van der Waals surface area contributed by atoms with Crippen molar-refractivity contribution in [2.45, 2.75) is 39.8 Å². The van der Waals surface area contributed by atoms with Crippen LogP contribution in [0.1, 0.15) is 31.4 Å². The van der Waals surface area contributed by atoms with E-state index in [2.05, 4.69) is 5.32 Å². The molecule has 1 atom stereocenters. The van der Waals surface area contributed by atoms with Crippen LogP contribution in [0, 0.1) is 6.92 Å². The van der Waals surface area contributed by atoms with E-state index in [1.54, 1.807) is 31.2 Å². The Labute approximate surface area is 196 Å². The van der Waals surface area contributed by atoms with Crippen LogP contribution >= 0.6 is 0 Å². The first kappa shape index (κ1) is 26.2. The first-order chi connectivity index (χ1) is 15.6. The van der Waals surface area contributed by atoms with Gasteiger partial charge < -0.3 is 15.0 Å². The van der Waals surface area contributed by atoms with E-state index in [1.165, 1.54) is 11.9 Å². The number of rotatable bonds is 11. The van der Waals surface area contributed by atoms with Gasteiger partial charge in [-0.1, -0.05) is 48.9 Å². The monoisotopic (exact) mass is 475 g/mol. The Hall–Kier alpha value is -3.07. The maximum absolute atomic E-state index is 13.6. The number of hydrogen-bond donors (Lipinski definition) is 1. The smallest absolute Gasteiger partial charge is 0.244 e. The summed E-state index contributed by atoms with van der Waals surface area (Å²) in [6.07, 6.45) is 1.43. The summed E-state index contributed by atoms with van der Waals surface area (Å²) >= 11 is 0. The van der Waals surface area contributed by atoms with Crippen LogP contribution in [0.15, 0.2) is 48.5 Å². The van der Waals surface area contributed by atoms with Gasteiger partial charge >= 0.3 is 0 Å². The molecule has 0 fully saturated rings. The van der Waals surface area contributed by atoms with Crippen LogP contribution in [0.25, 0.3) is 0 Å². The zero-order valence-electron chi connectivity index (χ0n) is 19.9. The molecule has 0 aliphatic rings. The molecule has 0 saturated heterocycles. The summed E-state index contributed by atoms with van der Waals surface area (Å²) in [4.78, 5) is 27.6. The number of ether oxygens (including phenoxy) is 1. The average Bonchev–Trinajstić information content (AvgIpc) is 2.77. The van der Waals surface area contributed by atoms with Gasteiger partial charge in [-0.25, -0.2) is 8.42 Å². The van der Waals surface area contributed by atoms with Crippen LogP contribution in [0.2, 0.25) is 0 Å². The van der Waals surface area contributed by atoms with Crippen LogP contribution in [0.4, 0.5) is 5.69 Å². The molecule has 0 aromatic heterocycles. The third kappa shape index (κ3) is 6.95. The second kappa shape index (κ2) is 11.7. The molecule has 2 amide bonds. The number of likely N-dealkylation sites (N-methyl/N-ethyl adjacent to an activating group) is 1. The lowest BCUT2D eigenvalue weighted by molar-refractivity contribution is -0.140. The summed E-state index contributed by atoms with van der Waals surface area (Å²) in [7, 11) is -2.30. The van der Waals surface area contributed by atoms with Crippen molar-refractivity contribution >= 4 is 27.5 Å². The average molecular weight is 476 g/mol. The Balaban J connectivity index is 2.47. The third-order valence-electron chi connectivity index (χ3n) is 5.18. The van der Waals surface area contributed by atoms with Crippen molar-refractivity contribution in [1.82, 2.24) is 10.2 Å². The normalized spacial score (nSPS) is 12.0. The first-order valence-corrected chi connectivity index (χ1v) is 12.7. The molecule has 8 nitrogen and oxygen atoms in total. The van der Waals surface area contributed by atoms with Gasteiger partial charge in [-0.3, -0.25) is 13.9 Å². The molecule has 2 aromatic carbocycles. The summed E-state index contributed by atoms with van der Waals surface area (Å²) in [5.41, 5.74) is 2.15. The van der Waals surface area contributed by atoms with Gasteiger partial charge in [0.1, 0.15) is 18.3 Å². The highest BCUT2D eigenvalue weighted by Gasteiger charge is 2.32. The predicted molar refractivity (Wildman–Crippen MR) is 130 cm³/mol. The van der Waals surface area contributed by atoms with E-state index in [9.17, 15) is 18.0 Å². The predicted octanol–water partition coefficient (Wildman–Crippen LogP) is 2.71. The lowest BCUT2D eigenvalue weighted by Crippen LogP contribution is -2.51. The van der Waals surface area contributed by atoms with E-state index >= 15 is 0 Å². The minimum atomic E-state index is -3.82. The van der Waals surface area contributed by atoms with E-state index in [1.807, 2.05) is 38.1 Å². The number of para-hydroxylation sites is 2. The highest BCUT2D eigenvalue weighted by molar-refractivity contribution is 7.92. The van der Waals surface area contributed by atoms with Gasteiger partial charge in [0.25, 0.3) is 0 Å². The largest absolute Gasteiger partial charge is 0.492 e. The van der Waals surface area contributed by atoms with Crippen LogP contribution in [0.5, 0.6) is 5.75 Å². The zero-order chi connectivity index (χ0) is 24.6. The Morgan fingerprint density at radius 2 is 1.79 bits per heavy atom. The number of sulfonamides is 1. The van der Waals surface area contributed by atoms with Crippen molar-refractivity contribution in [2.24, 2.45) is 0 Å². The van der Waals surface area contributed by atoms with E-state index in [4.69, 9.17) is 4.74 Å². The SMILES string of the molecule is CCOc1ccccc1N(CC(=O)N(Cc1cccc(C)c1)[C@@H](CC)C(=O)NC)S(C)(=O)=O. The lowest BCUT2D eigenvalue weighted by atomic mass is 10.1. The summed E-state index contributed by atoms with van der Waals surface area (Å²) in [6.45, 7) is 5.62. The fraction of sp³-hybridized carbons (Fsp3) is 0.417. The van der Waals surface area contributed by atoms with E-state index < -0.39 is 28.5 Å². The highest BCUT2D eigenvalue weighted by Crippen LogP contribution is 2.30. The first-order valence-electron chi connectivity index (χ1n) is 10.9. The van der Waals surface area contributed by atoms with Gasteiger partial charge in [-0.15, -0.1) is 0 Å². The Morgan fingerprint density at radius 3 is 2.36 bits per heavy atom. The molecular weight excluding hydrogens is 442 g/mol. The fourth-order valence-corrected chi connectivity index (χ4v) is 4.48. The molecule has 0 unspecified atom stereocenters. The summed E-state index contributed by atoms with van der Waals surface area (Å²) in [5, 5.41) is 2.60. The van der Waals surface area contributed by atoms with Gasteiger partial charge in [-0.2, -0.15) is 0 Å². The molecule has 0 spiro atoms. The lowest BCUT2D eigenvalue weighted by Gasteiger charge is -2.33. The Kier molecular flexibility index (Phi) is 9.28. The molecule has 0 aliphatic heterocycles. The van der Waals surface area contributed by atoms with Crippen LogP contribution in [-0.4, -0.2) is 57.6 Å². The van der Waals surface area contributed by atoms with Crippen molar-refractivity contribution in [1.29, 1.82) is 0 Å². The Bertz CT molecular complexity index is 1070. The summed E-state index contributed by atoms with van der Waals surface area (Å²) < 4.78 is 32.0. The standard InChI is InChI=1S/C24H33N3O5S/c1-6-20(24(29)25-4)26(16-19-12-10-11-18(3)15-19)23(28)17-27(33(5,30)31)21-13-8-9-14-22(21)32-7-2/h8-15,20H,6-7,16-17H2,1-5H3,(H,25,29)/t20-/m0/s1. The van der Waals surface area contributed by atoms with E-state index in [0.717, 1.165) is 21.7 Å². The maximum Gasteiger partial charge on any atom is 0.244 e. The highest BCUT2D eigenvalue weighted by atomic mass is 32.2. The van der Waals surface area contributed by atoms with Gasteiger partial charge in [0.05, 0.1) is 18.6 Å². The number of benzene rings is 2. The second-order valence-corrected chi connectivity index (χ2v) is 9.63. The minimum Gasteiger partial charge on any atom is -0.492 e. The van der Waals surface area contributed by atoms with Crippen molar-refractivity contribution in [3.05, 3.63) is 59.7 Å². The quantitative estimate of drug-likeness (QED) is 0.539. The van der Waals surface area contributed by atoms with Crippen molar-refractivity contribution in [3.63, 3.8) is 0 Å².